The maximum atomic E-state index is 11.3. The van der Waals surface area contributed by atoms with E-state index in [0.717, 1.165) is 17.6 Å². The molecule has 0 amide bonds. The van der Waals surface area contributed by atoms with Gasteiger partial charge in [0.2, 0.25) is 0 Å². The standard InChI is InChI=1S/C14H12N2O4S/c1-20-14(17)10-6-8-11(9-7-10)15-21-13-5-3-2-4-12(13)16(18)19/h2-9,15H,1H3. The van der Waals surface area contributed by atoms with Gasteiger partial charge in [-0.15, -0.1) is 0 Å². The molecule has 6 nitrogen and oxygen atoms in total. The lowest BCUT2D eigenvalue weighted by atomic mass is 10.2. The first-order valence-electron chi connectivity index (χ1n) is 5.96. The number of ether oxygens (including phenoxy) is 1. The normalized spacial score (nSPS) is 9.95. The lowest BCUT2D eigenvalue weighted by molar-refractivity contribution is -0.387. The lowest BCUT2D eigenvalue weighted by Crippen LogP contribution is -2.00. The number of nitrogens with zero attached hydrogens (tertiary/aromatic N) is 1. The van der Waals surface area contributed by atoms with Gasteiger partial charge >= 0.3 is 5.97 Å². The second kappa shape index (κ2) is 6.76. The van der Waals surface area contributed by atoms with Crippen molar-refractivity contribution in [1.29, 1.82) is 0 Å². The second-order valence-corrected chi connectivity index (χ2v) is 4.85. The molecule has 1 N–H and O–H groups in total. The molecule has 0 radical (unpaired) electrons. The number of hydrogen-bond acceptors (Lipinski definition) is 6. The van der Waals surface area contributed by atoms with E-state index in [9.17, 15) is 14.9 Å². The number of para-hydroxylation sites is 1. The van der Waals surface area contributed by atoms with E-state index >= 15 is 0 Å². The third-order valence-corrected chi connectivity index (χ3v) is 3.55. The first kappa shape index (κ1) is 14.9. The third-order valence-electron chi connectivity index (χ3n) is 2.65. The van der Waals surface area contributed by atoms with Crippen molar-refractivity contribution < 1.29 is 14.5 Å². The highest BCUT2D eigenvalue weighted by molar-refractivity contribution is 8.00. The average Bonchev–Trinajstić information content (AvgIpc) is 2.52. The zero-order valence-electron chi connectivity index (χ0n) is 11.1. The minimum Gasteiger partial charge on any atom is -0.465 e. The van der Waals surface area contributed by atoms with Gasteiger partial charge in [-0.05, 0) is 42.3 Å². The van der Waals surface area contributed by atoms with Gasteiger partial charge < -0.3 is 9.46 Å². The number of methoxy groups -OCH3 is 1. The van der Waals surface area contributed by atoms with Gasteiger partial charge in [-0.1, -0.05) is 12.1 Å². The van der Waals surface area contributed by atoms with Crippen LogP contribution >= 0.6 is 11.9 Å². The van der Waals surface area contributed by atoms with Crippen molar-refractivity contribution in [2.24, 2.45) is 0 Å². The molecule has 21 heavy (non-hydrogen) atoms. The van der Waals surface area contributed by atoms with Gasteiger partial charge in [0.05, 0.1) is 17.6 Å². The SMILES string of the molecule is COC(=O)c1ccc(NSc2ccccc2[N+](=O)[O-])cc1. The summed E-state index contributed by atoms with van der Waals surface area (Å²) in [6.07, 6.45) is 0. The molecule has 0 aliphatic rings. The summed E-state index contributed by atoms with van der Waals surface area (Å²) in [5.74, 6) is -0.409. The summed E-state index contributed by atoms with van der Waals surface area (Å²) in [6.45, 7) is 0. The molecule has 2 aromatic rings. The number of benzene rings is 2. The Morgan fingerprint density at radius 1 is 1.19 bits per heavy atom. The Balaban J connectivity index is 2.07. The summed E-state index contributed by atoms with van der Waals surface area (Å²) in [5.41, 5.74) is 1.21. The van der Waals surface area contributed by atoms with Crippen molar-refractivity contribution in [3.05, 3.63) is 64.2 Å². The van der Waals surface area contributed by atoms with Crippen LogP contribution in [0.2, 0.25) is 0 Å². The number of nitro benzene ring substituents is 1. The summed E-state index contributed by atoms with van der Waals surface area (Å²) in [7, 11) is 1.32. The highest BCUT2D eigenvalue weighted by Crippen LogP contribution is 2.29. The highest BCUT2D eigenvalue weighted by atomic mass is 32.2. The number of nitro groups is 1. The van der Waals surface area contributed by atoms with Crippen LogP contribution in [0.3, 0.4) is 0 Å². The molecule has 0 aliphatic carbocycles. The molecule has 2 aromatic carbocycles. The molecule has 0 spiro atoms. The van der Waals surface area contributed by atoms with Gasteiger partial charge in [-0.25, -0.2) is 4.79 Å². The molecule has 7 heteroatoms. The van der Waals surface area contributed by atoms with Crippen LogP contribution in [0.15, 0.2) is 53.4 Å². The Labute approximate surface area is 125 Å². The third kappa shape index (κ3) is 3.73. The maximum absolute atomic E-state index is 11.3. The quantitative estimate of drug-likeness (QED) is 0.394. The second-order valence-electron chi connectivity index (χ2n) is 4.00. The van der Waals surface area contributed by atoms with Crippen LogP contribution in [0.4, 0.5) is 11.4 Å². The number of anilines is 1. The van der Waals surface area contributed by atoms with E-state index in [1.54, 1.807) is 42.5 Å². The molecular formula is C14H12N2O4S. The fraction of sp³-hybridized carbons (Fsp3) is 0.0714. The van der Waals surface area contributed by atoms with Crippen molar-refractivity contribution in [2.75, 3.05) is 11.8 Å². The van der Waals surface area contributed by atoms with Crippen molar-refractivity contribution in [2.45, 2.75) is 4.90 Å². The molecule has 0 aliphatic heterocycles. The number of carbonyl (C=O) groups is 1. The minimum atomic E-state index is -0.426. The van der Waals surface area contributed by atoms with Crippen LogP contribution in [0.25, 0.3) is 0 Å². The van der Waals surface area contributed by atoms with Crippen LogP contribution < -0.4 is 4.72 Å². The minimum absolute atomic E-state index is 0.0428. The van der Waals surface area contributed by atoms with E-state index < -0.39 is 10.9 Å². The predicted molar refractivity (Wildman–Crippen MR) is 80.4 cm³/mol. The van der Waals surface area contributed by atoms with Crippen LogP contribution in [0, 0.1) is 10.1 Å². The van der Waals surface area contributed by atoms with E-state index in [1.165, 1.54) is 13.2 Å². The molecule has 0 saturated carbocycles. The zero-order valence-corrected chi connectivity index (χ0v) is 11.9. The lowest BCUT2D eigenvalue weighted by Gasteiger charge is -2.06. The number of carbonyl (C=O) groups excluding carboxylic acids is 1. The maximum Gasteiger partial charge on any atom is 0.337 e. The summed E-state index contributed by atoms with van der Waals surface area (Å²) in [5, 5.41) is 10.9. The Morgan fingerprint density at radius 2 is 1.86 bits per heavy atom. The molecule has 0 atom stereocenters. The molecule has 0 heterocycles. The largest absolute Gasteiger partial charge is 0.465 e. The summed E-state index contributed by atoms with van der Waals surface area (Å²) in [4.78, 5) is 22.3. The van der Waals surface area contributed by atoms with Crippen molar-refractivity contribution >= 4 is 29.3 Å². The summed E-state index contributed by atoms with van der Waals surface area (Å²) in [6, 6.07) is 13.1. The van der Waals surface area contributed by atoms with E-state index in [2.05, 4.69) is 9.46 Å². The number of esters is 1. The first-order chi connectivity index (χ1) is 10.1. The van der Waals surface area contributed by atoms with Crippen molar-refractivity contribution in [1.82, 2.24) is 0 Å². The number of rotatable bonds is 5. The number of hydrogen-bond donors (Lipinski definition) is 1. The van der Waals surface area contributed by atoms with Gasteiger partial charge in [-0.3, -0.25) is 10.1 Å². The Hall–Kier alpha value is -2.54. The average molecular weight is 304 g/mol. The zero-order chi connectivity index (χ0) is 15.2. The Morgan fingerprint density at radius 3 is 2.48 bits per heavy atom. The molecule has 108 valence electrons. The van der Waals surface area contributed by atoms with E-state index in [0.29, 0.717) is 10.5 Å². The van der Waals surface area contributed by atoms with Gasteiger partial charge in [-0.2, -0.15) is 0 Å². The fourth-order valence-electron chi connectivity index (χ4n) is 1.60. The van der Waals surface area contributed by atoms with Gasteiger partial charge in [0.15, 0.2) is 0 Å². The fourth-order valence-corrected chi connectivity index (χ4v) is 2.36. The van der Waals surface area contributed by atoms with Crippen LogP contribution in [-0.2, 0) is 4.74 Å². The van der Waals surface area contributed by atoms with Crippen molar-refractivity contribution in [3.8, 4) is 0 Å². The molecule has 2 rings (SSSR count). The van der Waals surface area contributed by atoms with Crippen LogP contribution in [0.1, 0.15) is 10.4 Å². The smallest absolute Gasteiger partial charge is 0.337 e. The molecular weight excluding hydrogens is 292 g/mol. The molecule has 0 fully saturated rings. The molecule has 0 bridgehead atoms. The summed E-state index contributed by atoms with van der Waals surface area (Å²) < 4.78 is 7.61. The van der Waals surface area contributed by atoms with Crippen molar-refractivity contribution in [3.63, 3.8) is 0 Å². The highest BCUT2D eigenvalue weighted by Gasteiger charge is 2.13. The Bertz CT molecular complexity index is 658. The van der Waals surface area contributed by atoms with Crippen LogP contribution in [0.5, 0.6) is 0 Å². The summed E-state index contributed by atoms with van der Waals surface area (Å²) >= 11 is 1.14. The topological polar surface area (TPSA) is 81.5 Å². The Kier molecular flexibility index (Phi) is 4.78. The van der Waals surface area contributed by atoms with Gasteiger partial charge in [0.25, 0.3) is 5.69 Å². The predicted octanol–water partition coefficient (Wildman–Crippen LogP) is 3.50. The van der Waals surface area contributed by atoms with E-state index in [-0.39, 0.29) is 5.69 Å². The monoisotopic (exact) mass is 304 g/mol. The van der Waals surface area contributed by atoms with E-state index in [4.69, 9.17) is 0 Å². The van der Waals surface area contributed by atoms with E-state index in [1.807, 2.05) is 0 Å². The van der Waals surface area contributed by atoms with Gasteiger partial charge in [0.1, 0.15) is 4.90 Å². The van der Waals surface area contributed by atoms with Crippen LogP contribution in [-0.4, -0.2) is 18.0 Å². The first-order valence-corrected chi connectivity index (χ1v) is 6.78. The molecule has 0 unspecified atom stereocenters. The molecule has 0 saturated heterocycles. The molecule has 0 aromatic heterocycles. The van der Waals surface area contributed by atoms with Gasteiger partial charge in [0, 0.05) is 11.8 Å². The number of nitrogens with one attached hydrogen (secondary N) is 1.